The van der Waals surface area contributed by atoms with Crippen molar-refractivity contribution < 1.29 is 27.2 Å². The highest BCUT2D eigenvalue weighted by atomic mass is 35.5. The molecule has 27 heavy (non-hydrogen) atoms. The molecule has 7 heteroatoms. The lowest BCUT2D eigenvalue weighted by molar-refractivity contribution is -0.137. The molecule has 0 amide bonds. The van der Waals surface area contributed by atoms with Gasteiger partial charge in [0.1, 0.15) is 11.5 Å². The summed E-state index contributed by atoms with van der Waals surface area (Å²) in [4.78, 5) is 24.5. The Bertz CT molecular complexity index is 930. The van der Waals surface area contributed by atoms with Crippen LogP contribution >= 0.6 is 11.6 Å². The molecule has 1 aliphatic rings. The fraction of sp³-hybridized carbons (Fsp3) is 0.300. The van der Waals surface area contributed by atoms with E-state index in [1.54, 1.807) is 0 Å². The number of ketones is 2. The van der Waals surface area contributed by atoms with Crippen LogP contribution in [0.4, 0.5) is 13.2 Å². The standard InChI is InChI=1S/C20H16ClF3O3/c1-19(2)9-16(25)14(17(26)10-19)8-12-4-6-18(27-12)13-7-11(20(22,23)24)3-5-15(13)21/h3-8H,9-10H2,1-2H3. The Morgan fingerprint density at radius 2 is 1.70 bits per heavy atom. The van der Waals surface area contributed by atoms with Crippen LogP contribution < -0.4 is 0 Å². The smallest absolute Gasteiger partial charge is 0.416 e. The lowest BCUT2D eigenvalue weighted by Gasteiger charge is -2.28. The lowest BCUT2D eigenvalue weighted by Crippen LogP contribution is -2.31. The SMILES string of the molecule is CC1(C)CC(=O)C(=Cc2ccc(-c3cc(C(F)(F)F)ccc3Cl)o2)C(=O)C1. The van der Waals surface area contributed by atoms with E-state index in [4.69, 9.17) is 16.0 Å². The maximum absolute atomic E-state index is 12.9. The van der Waals surface area contributed by atoms with Crippen molar-refractivity contribution in [1.29, 1.82) is 0 Å². The maximum atomic E-state index is 12.9. The van der Waals surface area contributed by atoms with E-state index in [-0.39, 0.29) is 57.5 Å². The van der Waals surface area contributed by atoms with Crippen LogP contribution in [0.1, 0.15) is 38.0 Å². The molecule has 1 saturated carbocycles. The predicted octanol–water partition coefficient (Wildman–Crippen LogP) is 5.96. The summed E-state index contributed by atoms with van der Waals surface area (Å²) in [5, 5.41) is 0.100. The van der Waals surface area contributed by atoms with Crippen LogP contribution in [0.5, 0.6) is 0 Å². The number of halogens is 4. The highest BCUT2D eigenvalue weighted by Crippen LogP contribution is 2.38. The highest BCUT2D eigenvalue weighted by molar-refractivity contribution is 6.33. The monoisotopic (exact) mass is 396 g/mol. The molecule has 0 radical (unpaired) electrons. The molecule has 3 rings (SSSR count). The normalized spacial score (nSPS) is 17.3. The molecule has 0 saturated heterocycles. The van der Waals surface area contributed by atoms with Gasteiger partial charge in [0.2, 0.25) is 0 Å². The summed E-state index contributed by atoms with van der Waals surface area (Å²) >= 11 is 6.01. The molecule has 0 bridgehead atoms. The topological polar surface area (TPSA) is 47.3 Å². The van der Waals surface area contributed by atoms with Crippen LogP contribution in [-0.2, 0) is 15.8 Å². The van der Waals surface area contributed by atoms with E-state index >= 15 is 0 Å². The Morgan fingerprint density at radius 3 is 2.30 bits per heavy atom. The third-order valence-electron chi connectivity index (χ3n) is 4.35. The van der Waals surface area contributed by atoms with E-state index < -0.39 is 11.7 Å². The van der Waals surface area contributed by atoms with Crippen LogP contribution in [-0.4, -0.2) is 11.6 Å². The number of benzene rings is 1. The average molecular weight is 397 g/mol. The fourth-order valence-electron chi connectivity index (χ4n) is 3.05. The molecule has 1 fully saturated rings. The van der Waals surface area contributed by atoms with Crippen molar-refractivity contribution in [2.24, 2.45) is 5.41 Å². The summed E-state index contributed by atoms with van der Waals surface area (Å²) in [6.45, 7) is 3.69. The summed E-state index contributed by atoms with van der Waals surface area (Å²) in [6, 6.07) is 5.88. The van der Waals surface area contributed by atoms with Crippen LogP contribution in [0.25, 0.3) is 17.4 Å². The van der Waals surface area contributed by atoms with Crippen molar-refractivity contribution in [3.8, 4) is 11.3 Å². The van der Waals surface area contributed by atoms with Gasteiger partial charge in [0, 0.05) is 18.4 Å². The molecule has 1 aromatic carbocycles. The fourth-order valence-corrected chi connectivity index (χ4v) is 3.26. The summed E-state index contributed by atoms with van der Waals surface area (Å²) in [6.07, 6.45) is -2.68. The van der Waals surface area contributed by atoms with E-state index in [9.17, 15) is 22.8 Å². The lowest BCUT2D eigenvalue weighted by atomic mass is 9.74. The summed E-state index contributed by atoms with van der Waals surface area (Å²) in [5.74, 6) is -0.221. The number of hydrogen-bond donors (Lipinski definition) is 0. The van der Waals surface area contributed by atoms with Gasteiger partial charge in [-0.05, 0) is 41.8 Å². The molecule has 142 valence electrons. The minimum atomic E-state index is -4.51. The van der Waals surface area contributed by atoms with Gasteiger partial charge in [-0.2, -0.15) is 13.2 Å². The third kappa shape index (κ3) is 4.16. The zero-order valence-corrected chi connectivity index (χ0v) is 15.4. The summed E-state index contributed by atoms with van der Waals surface area (Å²) < 4.78 is 44.3. The van der Waals surface area contributed by atoms with Gasteiger partial charge in [-0.1, -0.05) is 25.4 Å². The molecule has 1 heterocycles. The molecular weight excluding hydrogens is 381 g/mol. The molecule has 1 aliphatic carbocycles. The summed E-state index contributed by atoms with van der Waals surface area (Å²) in [5.41, 5.74) is -1.10. The number of carbonyl (C=O) groups excluding carboxylic acids is 2. The van der Waals surface area contributed by atoms with Gasteiger partial charge in [-0.25, -0.2) is 0 Å². The minimum Gasteiger partial charge on any atom is -0.457 e. The van der Waals surface area contributed by atoms with Crippen molar-refractivity contribution in [1.82, 2.24) is 0 Å². The molecule has 0 spiro atoms. The third-order valence-corrected chi connectivity index (χ3v) is 4.68. The van der Waals surface area contributed by atoms with Crippen molar-refractivity contribution in [3.63, 3.8) is 0 Å². The average Bonchev–Trinajstić information content (AvgIpc) is 2.97. The van der Waals surface area contributed by atoms with Crippen molar-refractivity contribution in [2.75, 3.05) is 0 Å². The molecule has 2 aromatic rings. The number of allylic oxidation sites excluding steroid dienone is 1. The van der Waals surface area contributed by atoms with E-state index in [2.05, 4.69) is 0 Å². The minimum absolute atomic E-state index is 0.0466. The molecular formula is C20H16ClF3O3. The predicted molar refractivity (Wildman–Crippen MR) is 95.2 cm³/mol. The van der Waals surface area contributed by atoms with Gasteiger partial charge in [0.25, 0.3) is 0 Å². The molecule has 0 unspecified atom stereocenters. The van der Waals surface area contributed by atoms with Gasteiger partial charge < -0.3 is 4.42 Å². The van der Waals surface area contributed by atoms with Crippen molar-refractivity contribution in [2.45, 2.75) is 32.9 Å². The van der Waals surface area contributed by atoms with E-state index in [0.29, 0.717) is 0 Å². The van der Waals surface area contributed by atoms with Crippen LogP contribution in [0.15, 0.2) is 40.3 Å². The Labute approximate surface area is 158 Å². The van der Waals surface area contributed by atoms with Gasteiger partial charge in [0.15, 0.2) is 11.6 Å². The van der Waals surface area contributed by atoms with Crippen LogP contribution in [0, 0.1) is 5.41 Å². The number of rotatable bonds is 2. The Balaban J connectivity index is 1.94. The number of furan rings is 1. The first-order valence-corrected chi connectivity index (χ1v) is 8.59. The number of hydrogen-bond acceptors (Lipinski definition) is 3. The Hall–Kier alpha value is -2.34. The zero-order chi connectivity index (χ0) is 20.0. The number of Topliss-reactive ketones (excluding diaryl/α,β-unsaturated/α-hetero) is 2. The van der Waals surface area contributed by atoms with Gasteiger partial charge >= 0.3 is 6.18 Å². The molecule has 0 atom stereocenters. The van der Waals surface area contributed by atoms with E-state index in [0.717, 1.165) is 18.2 Å². The van der Waals surface area contributed by atoms with Crippen LogP contribution in [0.2, 0.25) is 5.02 Å². The Morgan fingerprint density at radius 1 is 1.07 bits per heavy atom. The van der Waals surface area contributed by atoms with E-state index in [1.807, 2.05) is 13.8 Å². The van der Waals surface area contributed by atoms with Gasteiger partial charge in [-0.3, -0.25) is 9.59 Å². The maximum Gasteiger partial charge on any atom is 0.416 e. The number of alkyl halides is 3. The second-order valence-electron chi connectivity index (χ2n) is 7.32. The Kier molecular flexibility index (Phi) is 4.80. The second-order valence-corrected chi connectivity index (χ2v) is 7.72. The van der Waals surface area contributed by atoms with Crippen molar-refractivity contribution >= 4 is 29.2 Å². The van der Waals surface area contributed by atoms with Crippen molar-refractivity contribution in [3.05, 3.63) is 52.3 Å². The summed E-state index contributed by atoms with van der Waals surface area (Å²) in [7, 11) is 0. The molecule has 1 aromatic heterocycles. The highest BCUT2D eigenvalue weighted by Gasteiger charge is 2.35. The molecule has 3 nitrogen and oxygen atoms in total. The number of carbonyl (C=O) groups is 2. The first-order valence-electron chi connectivity index (χ1n) is 8.21. The second kappa shape index (κ2) is 6.68. The molecule has 0 N–H and O–H groups in total. The zero-order valence-electron chi connectivity index (χ0n) is 14.6. The molecule has 0 aliphatic heterocycles. The quantitative estimate of drug-likeness (QED) is 0.464. The largest absolute Gasteiger partial charge is 0.457 e. The van der Waals surface area contributed by atoms with E-state index in [1.165, 1.54) is 18.2 Å². The first-order chi connectivity index (χ1) is 12.5. The first kappa shape index (κ1) is 19.4. The van der Waals surface area contributed by atoms with Gasteiger partial charge in [0.05, 0.1) is 16.2 Å². The van der Waals surface area contributed by atoms with Crippen LogP contribution in [0.3, 0.4) is 0 Å². The van der Waals surface area contributed by atoms with Gasteiger partial charge in [-0.15, -0.1) is 0 Å².